The standard InChI is InChI=1S/C43H44N4O/c1-41(2,3)31-24-35(42(4,5)6)40(48)38(25-31)47-28-46-32(26-43(47,7)8)17-14-20-37(46)34-27-45(36-19-13-12-18-33(34)36)39-23-30(21-22-44-39)29-15-10-9-11-16-29/h9-27,48H,1-8H3. The molecule has 242 valence electrons. The molecule has 1 aliphatic heterocycles. The van der Waals surface area contributed by atoms with Crippen LogP contribution in [0.3, 0.4) is 0 Å². The van der Waals surface area contributed by atoms with Gasteiger partial charge in [0.2, 0.25) is 6.34 Å². The lowest BCUT2D eigenvalue weighted by molar-refractivity contribution is -0.516. The van der Waals surface area contributed by atoms with E-state index in [1.807, 2.05) is 12.3 Å². The fourth-order valence-corrected chi connectivity index (χ4v) is 6.71. The summed E-state index contributed by atoms with van der Waals surface area (Å²) >= 11 is 0. The summed E-state index contributed by atoms with van der Waals surface area (Å²) in [4.78, 5) is 6.92. The first-order valence-corrected chi connectivity index (χ1v) is 16.7. The molecule has 0 aliphatic carbocycles. The van der Waals surface area contributed by atoms with Gasteiger partial charge in [0.05, 0.1) is 22.2 Å². The van der Waals surface area contributed by atoms with Crippen LogP contribution in [0.15, 0.2) is 109 Å². The molecule has 0 fully saturated rings. The third-order valence-corrected chi connectivity index (χ3v) is 9.39. The maximum atomic E-state index is 11.9. The predicted molar refractivity (Wildman–Crippen MR) is 197 cm³/mol. The molecule has 0 spiro atoms. The largest absolute Gasteiger partial charge is 0.513 e. The van der Waals surface area contributed by atoms with Gasteiger partial charge in [0.1, 0.15) is 17.1 Å². The highest BCUT2D eigenvalue weighted by Gasteiger charge is 2.34. The van der Waals surface area contributed by atoms with Gasteiger partial charge in [-0.3, -0.25) is 4.90 Å². The van der Waals surface area contributed by atoms with Gasteiger partial charge in [0, 0.05) is 23.3 Å². The number of hydrogen-bond acceptors (Lipinski definition) is 3. The van der Waals surface area contributed by atoms with Crippen LogP contribution in [0.5, 0.6) is 5.75 Å². The van der Waals surface area contributed by atoms with E-state index in [4.69, 9.17) is 4.98 Å². The topological polar surface area (TPSA) is 47.2 Å². The number of aromatic hydroxyl groups is 1. The summed E-state index contributed by atoms with van der Waals surface area (Å²) in [6.07, 6.45) is 10.1. The number of aromatic nitrogens is 3. The molecule has 1 aliphatic rings. The van der Waals surface area contributed by atoms with Crippen molar-refractivity contribution in [2.24, 2.45) is 0 Å². The maximum absolute atomic E-state index is 11.9. The van der Waals surface area contributed by atoms with Gasteiger partial charge in [-0.2, -0.15) is 0 Å². The van der Waals surface area contributed by atoms with Gasteiger partial charge in [-0.25, -0.2) is 4.98 Å². The molecule has 0 unspecified atom stereocenters. The molecule has 4 heterocycles. The zero-order valence-electron chi connectivity index (χ0n) is 29.2. The molecule has 5 heteroatoms. The van der Waals surface area contributed by atoms with Gasteiger partial charge in [-0.1, -0.05) is 114 Å². The fourth-order valence-electron chi connectivity index (χ4n) is 6.71. The average molecular weight is 633 g/mol. The molecular weight excluding hydrogens is 589 g/mol. The summed E-state index contributed by atoms with van der Waals surface area (Å²) in [5.74, 6) is 1.15. The van der Waals surface area contributed by atoms with E-state index in [-0.39, 0.29) is 10.8 Å². The van der Waals surface area contributed by atoms with Crippen LogP contribution < -0.4 is 14.5 Å². The van der Waals surface area contributed by atoms with E-state index in [0.29, 0.717) is 5.75 Å². The molecule has 0 saturated heterocycles. The second kappa shape index (κ2) is 11.2. The highest BCUT2D eigenvalue weighted by molar-refractivity contribution is 5.95. The summed E-state index contributed by atoms with van der Waals surface area (Å²) in [5.41, 5.74) is 7.48. The Hall–Kier alpha value is -5.16. The molecule has 7 rings (SSSR count). The van der Waals surface area contributed by atoms with E-state index < -0.39 is 5.54 Å². The first-order chi connectivity index (χ1) is 22.7. The number of rotatable bonds is 4. The van der Waals surface area contributed by atoms with Gasteiger partial charge in [0.25, 0.3) is 0 Å². The number of phenolic OH excluding ortho intramolecular Hbond substituents is 1. The Labute approximate surface area is 283 Å². The monoisotopic (exact) mass is 632 g/mol. The highest BCUT2D eigenvalue weighted by atomic mass is 16.3. The van der Waals surface area contributed by atoms with Gasteiger partial charge >= 0.3 is 0 Å². The SMILES string of the molecule is CC(C)(C)c1cc(N2[C-]=[n+]3c(-c4cn(-c5cc(-c6ccccc6)ccn5)c5ccccc45)cccc3=CC2(C)C)c(O)c(C(C)(C)C)c1. The Morgan fingerprint density at radius 2 is 1.50 bits per heavy atom. The Morgan fingerprint density at radius 1 is 0.771 bits per heavy atom. The van der Waals surface area contributed by atoms with E-state index in [1.54, 1.807) is 0 Å². The van der Waals surface area contributed by atoms with E-state index in [1.165, 1.54) is 5.56 Å². The summed E-state index contributed by atoms with van der Waals surface area (Å²) < 4.78 is 4.31. The minimum Gasteiger partial charge on any atom is -0.513 e. The van der Waals surface area contributed by atoms with Crippen LogP contribution in [-0.4, -0.2) is 20.2 Å². The van der Waals surface area contributed by atoms with Crippen molar-refractivity contribution in [2.75, 3.05) is 4.90 Å². The van der Waals surface area contributed by atoms with Gasteiger partial charge < -0.3 is 13.9 Å². The van der Waals surface area contributed by atoms with Crippen LogP contribution in [0.25, 0.3) is 45.2 Å². The molecule has 0 radical (unpaired) electrons. The third kappa shape index (κ3) is 5.47. The highest BCUT2D eigenvalue weighted by Crippen LogP contribution is 2.44. The van der Waals surface area contributed by atoms with Crippen molar-refractivity contribution < 1.29 is 9.35 Å². The molecule has 3 aromatic carbocycles. The van der Waals surface area contributed by atoms with Crippen molar-refractivity contribution in [3.05, 3.63) is 132 Å². The number of benzene rings is 3. The molecule has 3 aromatic heterocycles. The van der Waals surface area contributed by atoms with Crippen LogP contribution in [0.4, 0.5) is 5.69 Å². The first-order valence-electron chi connectivity index (χ1n) is 16.7. The average Bonchev–Trinajstić information content (AvgIpc) is 3.43. The molecule has 0 bridgehead atoms. The first kappa shape index (κ1) is 31.4. The number of fused-ring (bicyclic) bond motifs is 2. The van der Waals surface area contributed by atoms with Gasteiger partial charge in [-0.15, -0.1) is 0 Å². The van der Waals surface area contributed by atoms with Crippen LogP contribution >= 0.6 is 0 Å². The lowest BCUT2D eigenvalue weighted by Crippen LogP contribution is -2.54. The van der Waals surface area contributed by atoms with Crippen molar-refractivity contribution in [1.82, 2.24) is 9.55 Å². The normalized spacial score (nSPS) is 14.4. The van der Waals surface area contributed by atoms with Crippen LogP contribution in [-0.2, 0) is 10.8 Å². The number of pyridine rings is 2. The fraction of sp³-hybridized carbons (Fsp3) is 0.256. The smallest absolute Gasteiger partial charge is 0.246 e. The molecular formula is C43H44N4O. The van der Waals surface area contributed by atoms with E-state index >= 15 is 0 Å². The number of anilines is 1. The molecule has 0 saturated carbocycles. The van der Waals surface area contributed by atoms with Crippen molar-refractivity contribution >= 4 is 22.7 Å². The molecule has 6 aromatic rings. The summed E-state index contributed by atoms with van der Waals surface area (Å²) in [7, 11) is 0. The molecule has 48 heavy (non-hydrogen) atoms. The lowest BCUT2D eigenvalue weighted by atomic mass is 9.79. The Morgan fingerprint density at radius 3 is 2.23 bits per heavy atom. The molecule has 0 amide bonds. The van der Waals surface area contributed by atoms with E-state index in [0.717, 1.165) is 55.7 Å². The minimum absolute atomic E-state index is 0.101. The molecule has 1 N–H and O–H groups in total. The van der Waals surface area contributed by atoms with E-state index in [2.05, 4.69) is 179 Å². The number of para-hydroxylation sites is 1. The molecule has 0 atom stereocenters. The second-order valence-corrected chi connectivity index (χ2v) is 15.5. The zero-order valence-corrected chi connectivity index (χ0v) is 29.2. The number of phenols is 1. The third-order valence-electron chi connectivity index (χ3n) is 9.39. The maximum Gasteiger partial charge on any atom is 0.246 e. The van der Waals surface area contributed by atoms with Crippen LogP contribution in [0.2, 0.25) is 0 Å². The second-order valence-electron chi connectivity index (χ2n) is 15.5. The Kier molecular flexibility index (Phi) is 7.35. The Balaban J connectivity index is 1.45. The van der Waals surface area contributed by atoms with Crippen LogP contribution in [0.1, 0.15) is 66.5 Å². The number of hydrogen-bond donors (Lipinski definition) is 1. The quantitative estimate of drug-likeness (QED) is 0.156. The summed E-state index contributed by atoms with van der Waals surface area (Å²) in [6, 6.07) is 33.8. The lowest BCUT2D eigenvalue weighted by Gasteiger charge is -2.37. The summed E-state index contributed by atoms with van der Waals surface area (Å²) in [5, 5.41) is 14.1. The van der Waals surface area contributed by atoms with Gasteiger partial charge in [-0.05, 0) is 77.3 Å². The van der Waals surface area contributed by atoms with Crippen molar-refractivity contribution in [3.63, 3.8) is 0 Å². The van der Waals surface area contributed by atoms with Crippen molar-refractivity contribution in [1.29, 1.82) is 0 Å². The van der Waals surface area contributed by atoms with Gasteiger partial charge in [0.15, 0.2) is 0 Å². The Bertz CT molecular complexity index is 2300. The number of nitrogens with zero attached hydrogens (tertiary/aromatic N) is 4. The molecule has 5 nitrogen and oxygen atoms in total. The van der Waals surface area contributed by atoms with E-state index in [9.17, 15) is 5.11 Å². The zero-order chi connectivity index (χ0) is 34.0. The van der Waals surface area contributed by atoms with Crippen LogP contribution in [0, 0.1) is 6.34 Å². The minimum atomic E-state index is -0.461. The predicted octanol–water partition coefficient (Wildman–Crippen LogP) is 8.87. The summed E-state index contributed by atoms with van der Waals surface area (Å²) in [6.45, 7) is 17.5. The van der Waals surface area contributed by atoms with Crippen molar-refractivity contribution in [2.45, 2.75) is 71.8 Å². The van der Waals surface area contributed by atoms with Crippen molar-refractivity contribution in [3.8, 4) is 34.0 Å².